The van der Waals surface area contributed by atoms with Crippen molar-refractivity contribution >= 4 is 23.2 Å². The zero-order valence-electron chi connectivity index (χ0n) is 17.2. The lowest BCUT2D eigenvalue weighted by molar-refractivity contribution is -0.192. The van der Waals surface area contributed by atoms with Crippen molar-refractivity contribution in [1.82, 2.24) is 9.80 Å². The molecule has 2 aliphatic rings. The molecule has 1 amide bonds. The molecular formula is C22H25F3N2O3S. The normalized spacial score (nSPS) is 21.4. The molecule has 2 aliphatic heterocycles. The van der Waals surface area contributed by atoms with Crippen molar-refractivity contribution in [2.45, 2.75) is 39.0 Å². The number of benzene rings is 1. The number of halogens is 3. The molecule has 5 nitrogen and oxygen atoms in total. The van der Waals surface area contributed by atoms with Crippen LogP contribution in [0.15, 0.2) is 41.1 Å². The molecule has 9 heteroatoms. The van der Waals surface area contributed by atoms with Crippen LogP contribution >= 0.6 is 11.3 Å². The van der Waals surface area contributed by atoms with Gasteiger partial charge in [0.25, 0.3) is 0 Å². The molecule has 168 valence electrons. The first kappa shape index (κ1) is 23.3. The van der Waals surface area contributed by atoms with Gasteiger partial charge in [0.05, 0.1) is 5.41 Å². The van der Waals surface area contributed by atoms with Crippen LogP contribution < -0.4 is 0 Å². The Kier molecular flexibility index (Phi) is 7.06. The van der Waals surface area contributed by atoms with Crippen LogP contribution in [-0.2, 0) is 22.7 Å². The number of hydrogen-bond donors (Lipinski definition) is 1. The van der Waals surface area contributed by atoms with E-state index in [0.29, 0.717) is 5.91 Å². The van der Waals surface area contributed by atoms with Gasteiger partial charge in [-0.2, -0.15) is 24.5 Å². The maximum absolute atomic E-state index is 13.1. The first-order valence-electron chi connectivity index (χ1n) is 9.97. The third-order valence-electron chi connectivity index (χ3n) is 5.72. The zero-order valence-corrected chi connectivity index (χ0v) is 18.0. The van der Waals surface area contributed by atoms with Gasteiger partial charge in [-0.15, -0.1) is 0 Å². The van der Waals surface area contributed by atoms with Gasteiger partial charge >= 0.3 is 12.1 Å². The summed E-state index contributed by atoms with van der Waals surface area (Å²) in [5.74, 6) is -2.38. The summed E-state index contributed by atoms with van der Waals surface area (Å²) in [6, 6.07) is 10.7. The number of carboxylic acids is 1. The van der Waals surface area contributed by atoms with Crippen LogP contribution in [0.5, 0.6) is 0 Å². The molecule has 0 saturated carbocycles. The van der Waals surface area contributed by atoms with Gasteiger partial charge in [0, 0.05) is 26.2 Å². The summed E-state index contributed by atoms with van der Waals surface area (Å²) in [5, 5.41) is 11.5. The van der Waals surface area contributed by atoms with Crippen LogP contribution in [-0.4, -0.2) is 52.6 Å². The zero-order chi connectivity index (χ0) is 22.6. The molecule has 1 spiro atoms. The molecule has 2 aromatic rings. The Bertz CT molecular complexity index is 917. The van der Waals surface area contributed by atoms with Crippen molar-refractivity contribution in [3.63, 3.8) is 0 Å². The third kappa shape index (κ3) is 5.86. The van der Waals surface area contributed by atoms with E-state index < -0.39 is 12.1 Å². The molecule has 3 heterocycles. The molecular weight excluding hydrogens is 429 g/mol. The molecule has 1 aromatic heterocycles. The Hall–Kier alpha value is -2.39. The lowest BCUT2D eigenvalue weighted by atomic mass is 9.85. The van der Waals surface area contributed by atoms with Crippen molar-refractivity contribution in [2.75, 3.05) is 19.6 Å². The van der Waals surface area contributed by atoms with E-state index in [1.807, 2.05) is 0 Å². The Morgan fingerprint density at radius 2 is 1.87 bits per heavy atom. The van der Waals surface area contributed by atoms with E-state index in [1.54, 1.807) is 11.3 Å². The van der Waals surface area contributed by atoms with Crippen LogP contribution in [0, 0.1) is 12.3 Å². The molecule has 2 saturated heterocycles. The number of aliphatic carboxylic acids is 1. The maximum Gasteiger partial charge on any atom is 0.490 e. The highest BCUT2D eigenvalue weighted by molar-refractivity contribution is 7.07. The molecule has 0 aliphatic carbocycles. The van der Waals surface area contributed by atoms with Gasteiger partial charge in [0.15, 0.2) is 0 Å². The van der Waals surface area contributed by atoms with Crippen LogP contribution in [0.25, 0.3) is 0 Å². The fraction of sp³-hybridized carbons (Fsp3) is 0.455. The molecule has 1 aromatic carbocycles. The van der Waals surface area contributed by atoms with Crippen LogP contribution in [0.1, 0.15) is 29.5 Å². The first-order chi connectivity index (χ1) is 14.6. The second kappa shape index (κ2) is 9.40. The summed E-state index contributed by atoms with van der Waals surface area (Å²) < 4.78 is 31.7. The number of thiophene rings is 1. The Morgan fingerprint density at radius 1 is 1.16 bits per heavy atom. The Labute approximate surface area is 183 Å². The second-order valence-corrected chi connectivity index (χ2v) is 8.92. The fourth-order valence-electron chi connectivity index (χ4n) is 4.19. The minimum atomic E-state index is -5.08. The highest BCUT2D eigenvalue weighted by Gasteiger charge is 2.50. The smallest absolute Gasteiger partial charge is 0.475 e. The number of rotatable bonds is 4. The average Bonchev–Trinajstić information content (AvgIpc) is 3.41. The number of aryl methyl sites for hydroxylation is 1. The molecule has 0 radical (unpaired) electrons. The van der Waals surface area contributed by atoms with Crippen molar-refractivity contribution in [3.05, 3.63) is 57.8 Å². The van der Waals surface area contributed by atoms with Gasteiger partial charge in [-0.3, -0.25) is 9.69 Å². The van der Waals surface area contributed by atoms with Gasteiger partial charge in [0.1, 0.15) is 0 Å². The second-order valence-electron chi connectivity index (χ2n) is 8.14. The summed E-state index contributed by atoms with van der Waals surface area (Å²) in [6.45, 7) is 6.71. The summed E-state index contributed by atoms with van der Waals surface area (Å²) in [5.41, 5.74) is 3.75. The van der Waals surface area contributed by atoms with E-state index in [0.717, 1.165) is 45.6 Å². The third-order valence-corrected chi connectivity index (χ3v) is 6.45. The fourth-order valence-corrected chi connectivity index (χ4v) is 4.85. The van der Waals surface area contributed by atoms with Gasteiger partial charge in [-0.05, 0) is 54.3 Å². The van der Waals surface area contributed by atoms with Crippen molar-refractivity contribution in [2.24, 2.45) is 5.41 Å². The number of carbonyl (C=O) groups excluding carboxylic acids is 1. The number of alkyl halides is 3. The van der Waals surface area contributed by atoms with Crippen molar-refractivity contribution < 1.29 is 27.9 Å². The monoisotopic (exact) mass is 454 g/mol. The number of hydrogen-bond acceptors (Lipinski definition) is 4. The van der Waals surface area contributed by atoms with Crippen molar-refractivity contribution in [1.29, 1.82) is 0 Å². The number of carbonyl (C=O) groups is 2. The average molecular weight is 455 g/mol. The minimum Gasteiger partial charge on any atom is -0.475 e. The van der Waals surface area contributed by atoms with E-state index in [-0.39, 0.29) is 5.41 Å². The van der Waals surface area contributed by atoms with Gasteiger partial charge in [0.2, 0.25) is 5.91 Å². The van der Waals surface area contributed by atoms with E-state index in [4.69, 9.17) is 9.90 Å². The molecule has 1 N–H and O–H groups in total. The van der Waals surface area contributed by atoms with E-state index in [2.05, 4.69) is 57.8 Å². The molecule has 2 fully saturated rings. The molecule has 31 heavy (non-hydrogen) atoms. The van der Waals surface area contributed by atoms with E-state index in [9.17, 15) is 18.0 Å². The predicted octanol–water partition coefficient (Wildman–Crippen LogP) is 4.31. The predicted molar refractivity (Wildman–Crippen MR) is 112 cm³/mol. The molecule has 1 atom stereocenters. The minimum absolute atomic E-state index is 0.125. The first-order valence-corrected chi connectivity index (χ1v) is 10.9. The lowest BCUT2D eigenvalue weighted by Gasteiger charge is -2.24. The number of nitrogens with zero attached hydrogens (tertiary/aromatic N) is 2. The summed E-state index contributed by atoms with van der Waals surface area (Å²) in [4.78, 5) is 26.5. The standard InChI is InChI=1S/C20H24N2OS.C2HF3O2/c1-16-3-2-4-17(11-16)13-22-9-7-20(19(22)23)6-8-21(15-20)12-18-5-10-24-14-18;3-2(4,5)1(6)7/h2-5,10-11,14H,6-9,12-13,15H2,1H3;(H,6,7). The highest BCUT2D eigenvalue weighted by atomic mass is 32.1. The van der Waals surface area contributed by atoms with E-state index in [1.165, 1.54) is 16.7 Å². The Balaban J connectivity index is 0.000000339. The van der Waals surface area contributed by atoms with Gasteiger partial charge in [-0.25, -0.2) is 4.79 Å². The van der Waals surface area contributed by atoms with Gasteiger partial charge < -0.3 is 10.0 Å². The lowest BCUT2D eigenvalue weighted by Crippen LogP contribution is -2.36. The summed E-state index contributed by atoms with van der Waals surface area (Å²) in [6.07, 6.45) is -3.06. The topological polar surface area (TPSA) is 60.9 Å². The molecule has 0 bridgehead atoms. The number of carboxylic acid groups (broad SMARTS) is 1. The summed E-state index contributed by atoms with van der Waals surface area (Å²) >= 11 is 1.75. The largest absolute Gasteiger partial charge is 0.490 e. The highest BCUT2D eigenvalue weighted by Crippen LogP contribution is 2.41. The maximum atomic E-state index is 13.1. The Morgan fingerprint density at radius 3 is 2.48 bits per heavy atom. The van der Waals surface area contributed by atoms with Crippen molar-refractivity contribution in [3.8, 4) is 0 Å². The van der Waals surface area contributed by atoms with E-state index >= 15 is 0 Å². The van der Waals surface area contributed by atoms with Gasteiger partial charge in [-0.1, -0.05) is 29.8 Å². The van der Waals surface area contributed by atoms with Crippen LogP contribution in [0.3, 0.4) is 0 Å². The van der Waals surface area contributed by atoms with Crippen LogP contribution in [0.4, 0.5) is 13.2 Å². The van der Waals surface area contributed by atoms with Crippen LogP contribution in [0.2, 0.25) is 0 Å². The summed E-state index contributed by atoms with van der Waals surface area (Å²) in [7, 11) is 0. The number of amides is 1. The number of likely N-dealkylation sites (tertiary alicyclic amines) is 2. The molecule has 4 rings (SSSR count). The SMILES string of the molecule is Cc1cccc(CN2CCC3(CCN(Cc4ccsc4)C3)C2=O)c1.O=C(O)C(F)(F)F. The molecule has 1 unspecified atom stereocenters. The quantitative estimate of drug-likeness (QED) is 0.748.